The summed E-state index contributed by atoms with van der Waals surface area (Å²) >= 11 is 12.1. The zero-order valence-electron chi connectivity index (χ0n) is 12.8. The second-order valence-corrected chi connectivity index (χ2v) is 7.03. The highest BCUT2D eigenvalue weighted by atomic mass is 35.5. The Labute approximate surface area is 143 Å². The van der Waals surface area contributed by atoms with E-state index in [4.69, 9.17) is 39.0 Å². The molecule has 0 saturated carbocycles. The minimum atomic E-state index is -0.705. The van der Waals surface area contributed by atoms with Crippen molar-refractivity contribution in [3.8, 4) is 0 Å². The average Bonchev–Trinajstić information content (AvgIpc) is 2.90. The van der Waals surface area contributed by atoms with Crippen LogP contribution >= 0.6 is 23.2 Å². The van der Waals surface area contributed by atoms with E-state index in [2.05, 4.69) is 10.3 Å². The Kier molecular flexibility index (Phi) is 3.74. The molecule has 7 nitrogen and oxygen atoms in total. The molecule has 0 saturated heterocycles. The van der Waals surface area contributed by atoms with Crippen molar-refractivity contribution < 1.29 is 4.63 Å². The number of hydrogen-bond acceptors (Lipinski definition) is 6. The van der Waals surface area contributed by atoms with Crippen LogP contribution in [0.5, 0.6) is 0 Å². The van der Waals surface area contributed by atoms with Gasteiger partial charge in [0.2, 0.25) is 11.6 Å². The fraction of sp³-hybridized carbons (Fsp3) is 0.357. The molecule has 122 valence electrons. The van der Waals surface area contributed by atoms with Crippen molar-refractivity contribution in [2.45, 2.75) is 32.5 Å². The maximum atomic E-state index is 8.47. The smallest absolute Gasteiger partial charge is 0.228 e. The molecule has 0 amide bonds. The molecular formula is C14H16Cl2N6O. The predicted molar refractivity (Wildman–Crippen MR) is 90.8 cm³/mol. The summed E-state index contributed by atoms with van der Waals surface area (Å²) in [6.45, 7) is 5.94. The Morgan fingerprint density at radius 3 is 2.43 bits per heavy atom. The monoisotopic (exact) mass is 354 g/mol. The quantitative estimate of drug-likeness (QED) is 0.814. The number of fused-ring (bicyclic) bond motifs is 1. The normalized spacial score (nSPS) is 18.3. The highest BCUT2D eigenvalue weighted by Gasteiger charge is 2.43. The number of nitrogens with two attached hydrogens (primary N) is 1. The molecule has 0 aliphatic carbocycles. The van der Waals surface area contributed by atoms with Gasteiger partial charge in [-0.05, 0) is 49.3 Å². The van der Waals surface area contributed by atoms with Gasteiger partial charge in [-0.2, -0.15) is 0 Å². The lowest BCUT2D eigenvalue weighted by Gasteiger charge is -2.45. The first-order valence-corrected chi connectivity index (χ1v) is 7.68. The Bertz CT molecular complexity index is 769. The number of aromatic nitrogens is 2. The summed E-state index contributed by atoms with van der Waals surface area (Å²) in [5, 5.41) is 17.2. The number of nitrogens with one attached hydrogen (secondary N) is 1. The number of amidine groups is 1. The summed E-state index contributed by atoms with van der Waals surface area (Å²) in [6, 6.07) is 5.04. The first-order chi connectivity index (χ1) is 10.7. The van der Waals surface area contributed by atoms with Gasteiger partial charge < -0.3 is 10.6 Å². The van der Waals surface area contributed by atoms with Gasteiger partial charge in [0.1, 0.15) is 12.0 Å². The van der Waals surface area contributed by atoms with E-state index in [0.29, 0.717) is 27.4 Å². The van der Waals surface area contributed by atoms with Gasteiger partial charge in [0, 0.05) is 5.54 Å². The lowest BCUT2D eigenvalue weighted by atomic mass is 10.0. The maximum Gasteiger partial charge on any atom is 0.228 e. The third-order valence-electron chi connectivity index (χ3n) is 3.58. The van der Waals surface area contributed by atoms with Gasteiger partial charge in [-0.3, -0.25) is 10.3 Å². The van der Waals surface area contributed by atoms with Crippen molar-refractivity contribution in [1.82, 2.24) is 10.3 Å². The SMILES string of the molecule is CC(C)(C)N1c2nonc2N(c2ccc(Cl)c(Cl)c2)C(=N)C1N. The van der Waals surface area contributed by atoms with Gasteiger partial charge in [0.15, 0.2) is 0 Å². The van der Waals surface area contributed by atoms with Crippen molar-refractivity contribution in [3.05, 3.63) is 28.2 Å². The fourth-order valence-electron chi connectivity index (χ4n) is 2.59. The Balaban J connectivity index is 2.16. The lowest BCUT2D eigenvalue weighted by Crippen LogP contribution is -2.62. The minimum absolute atomic E-state index is 0.140. The summed E-state index contributed by atoms with van der Waals surface area (Å²) in [7, 11) is 0. The summed E-state index contributed by atoms with van der Waals surface area (Å²) in [5.74, 6) is 1.01. The molecule has 2 heterocycles. The van der Waals surface area contributed by atoms with Gasteiger partial charge in [-0.15, -0.1) is 0 Å². The molecule has 1 aliphatic rings. The van der Waals surface area contributed by atoms with Crippen LogP contribution < -0.4 is 15.5 Å². The largest absolute Gasteiger partial charge is 0.323 e. The topological polar surface area (TPSA) is 95.3 Å². The lowest BCUT2D eigenvalue weighted by molar-refractivity contribution is 0.306. The van der Waals surface area contributed by atoms with Crippen LogP contribution in [0.3, 0.4) is 0 Å². The molecule has 1 unspecified atom stereocenters. The Morgan fingerprint density at radius 1 is 1.17 bits per heavy atom. The van der Waals surface area contributed by atoms with E-state index in [1.165, 1.54) is 0 Å². The number of rotatable bonds is 1. The number of benzene rings is 1. The van der Waals surface area contributed by atoms with Crippen molar-refractivity contribution in [3.63, 3.8) is 0 Å². The zero-order chi connectivity index (χ0) is 16.9. The molecule has 3 rings (SSSR count). The zero-order valence-corrected chi connectivity index (χ0v) is 14.4. The summed E-state index contributed by atoms with van der Waals surface area (Å²) in [5.41, 5.74) is 6.53. The Morgan fingerprint density at radius 2 is 1.83 bits per heavy atom. The van der Waals surface area contributed by atoms with Crippen LogP contribution in [-0.4, -0.2) is 27.9 Å². The third kappa shape index (κ3) is 2.54. The number of nitrogens with zero attached hydrogens (tertiary/aromatic N) is 4. The number of anilines is 3. The number of halogens is 2. The van der Waals surface area contributed by atoms with Crippen LogP contribution in [0.2, 0.25) is 10.0 Å². The predicted octanol–water partition coefficient (Wildman–Crippen LogP) is 3.40. The maximum absolute atomic E-state index is 8.47. The van der Waals surface area contributed by atoms with Crippen LogP contribution in [0, 0.1) is 5.41 Å². The second-order valence-electron chi connectivity index (χ2n) is 6.22. The van der Waals surface area contributed by atoms with Crippen molar-refractivity contribution in [2.24, 2.45) is 5.73 Å². The van der Waals surface area contributed by atoms with Crippen LogP contribution in [-0.2, 0) is 0 Å². The third-order valence-corrected chi connectivity index (χ3v) is 4.32. The second kappa shape index (κ2) is 5.36. The standard InChI is InChI=1S/C14H16Cl2N6O/c1-14(2,3)22-11(18)10(17)21(12-13(22)20-23-19-12)7-4-5-8(15)9(16)6-7/h4-6,11,17H,18H2,1-3H3. The summed E-state index contributed by atoms with van der Waals surface area (Å²) < 4.78 is 4.90. The molecule has 23 heavy (non-hydrogen) atoms. The summed E-state index contributed by atoms with van der Waals surface area (Å²) in [4.78, 5) is 3.36. The van der Waals surface area contributed by atoms with Crippen molar-refractivity contribution in [2.75, 3.05) is 9.80 Å². The number of hydrogen-bond donors (Lipinski definition) is 2. The van der Waals surface area contributed by atoms with E-state index in [1.54, 1.807) is 28.0 Å². The fourth-order valence-corrected chi connectivity index (χ4v) is 2.89. The van der Waals surface area contributed by atoms with E-state index in [1.807, 2.05) is 20.8 Å². The molecule has 1 aliphatic heterocycles. The molecule has 0 bridgehead atoms. The van der Waals surface area contributed by atoms with Crippen LogP contribution in [0.4, 0.5) is 17.3 Å². The van der Waals surface area contributed by atoms with Gasteiger partial charge in [0.25, 0.3) is 0 Å². The molecule has 9 heteroatoms. The highest BCUT2D eigenvalue weighted by Crippen LogP contribution is 2.41. The van der Waals surface area contributed by atoms with E-state index in [9.17, 15) is 0 Å². The van der Waals surface area contributed by atoms with Gasteiger partial charge >= 0.3 is 0 Å². The minimum Gasteiger partial charge on any atom is -0.323 e. The molecule has 0 fully saturated rings. The van der Waals surface area contributed by atoms with Crippen molar-refractivity contribution in [1.29, 1.82) is 5.41 Å². The van der Waals surface area contributed by atoms with E-state index in [0.717, 1.165) is 0 Å². The molecular weight excluding hydrogens is 339 g/mol. The van der Waals surface area contributed by atoms with Crippen molar-refractivity contribution >= 4 is 46.4 Å². The van der Waals surface area contributed by atoms with Gasteiger partial charge in [-0.1, -0.05) is 23.2 Å². The van der Waals surface area contributed by atoms with Crippen LogP contribution in [0.1, 0.15) is 20.8 Å². The molecule has 3 N–H and O–H groups in total. The molecule has 1 atom stereocenters. The average molecular weight is 355 g/mol. The van der Waals surface area contributed by atoms with E-state index >= 15 is 0 Å². The van der Waals surface area contributed by atoms with Crippen LogP contribution in [0.15, 0.2) is 22.8 Å². The molecule has 0 spiro atoms. The molecule has 2 aromatic rings. The summed E-state index contributed by atoms with van der Waals surface area (Å²) in [6.07, 6.45) is -0.705. The van der Waals surface area contributed by atoms with Gasteiger partial charge in [0.05, 0.1) is 15.7 Å². The van der Waals surface area contributed by atoms with Crippen LogP contribution in [0.25, 0.3) is 0 Å². The molecule has 0 radical (unpaired) electrons. The first kappa shape index (κ1) is 16.0. The van der Waals surface area contributed by atoms with Gasteiger partial charge in [-0.25, -0.2) is 4.63 Å². The molecule has 1 aromatic heterocycles. The first-order valence-electron chi connectivity index (χ1n) is 6.93. The van der Waals surface area contributed by atoms with E-state index < -0.39 is 6.17 Å². The Hall–Kier alpha value is -1.83. The highest BCUT2D eigenvalue weighted by molar-refractivity contribution is 6.42. The molecule has 1 aromatic carbocycles. The van der Waals surface area contributed by atoms with E-state index in [-0.39, 0.29) is 11.4 Å².